The van der Waals surface area contributed by atoms with Crippen LogP contribution in [0.25, 0.3) is 11.1 Å². The minimum Gasteiger partial charge on any atom is -0.489 e. The number of esters is 1. The van der Waals surface area contributed by atoms with Gasteiger partial charge in [-0.25, -0.2) is 4.79 Å². The van der Waals surface area contributed by atoms with Gasteiger partial charge in [0, 0.05) is 11.4 Å². The van der Waals surface area contributed by atoms with Gasteiger partial charge >= 0.3 is 5.97 Å². The van der Waals surface area contributed by atoms with E-state index in [-0.39, 0.29) is 13.0 Å². The first kappa shape index (κ1) is 26.8. The molecule has 4 aromatic rings. The third-order valence-corrected chi connectivity index (χ3v) is 6.05. The Kier molecular flexibility index (Phi) is 9.37. The maximum Gasteiger partial charge on any atom is 0.328 e. The Morgan fingerprint density at radius 3 is 2.13 bits per heavy atom. The van der Waals surface area contributed by atoms with Gasteiger partial charge < -0.3 is 19.5 Å². The van der Waals surface area contributed by atoms with Gasteiger partial charge in [0.05, 0.1) is 7.11 Å². The second-order valence-corrected chi connectivity index (χ2v) is 9.03. The van der Waals surface area contributed by atoms with E-state index in [9.17, 15) is 9.59 Å². The maximum atomic E-state index is 12.6. The molecule has 0 aliphatic carbocycles. The van der Waals surface area contributed by atoms with Crippen molar-refractivity contribution < 1.29 is 23.8 Å². The van der Waals surface area contributed by atoms with Gasteiger partial charge in [-0.1, -0.05) is 78.3 Å². The third kappa shape index (κ3) is 7.85. The highest BCUT2D eigenvalue weighted by Gasteiger charge is 2.22. The van der Waals surface area contributed by atoms with Crippen LogP contribution in [0.4, 0.5) is 0 Å². The van der Waals surface area contributed by atoms with Crippen LogP contribution >= 0.6 is 11.6 Å². The molecule has 0 saturated carbocycles. The number of rotatable bonds is 11. The molecule has 1 amide bonds. The van der Waals surface area contributed by atoms with E-state index in [1.54, 1.807) is 12.1 Å². The molecule has 194 valence electrons. The Bertz CT molecular complexity index is 1340. The van der Waals surface area contributed by atoms with Crippen LogP contribution in [0.5, 0.6) is 11.5 Å². The molecule has 0 aliphatic heterocycles. The zero-order valence-corrected chi connectivity index (χ0v) is 21.7. The van der Waals surface area contributed by atoms with Crippen LogP contribution in [0.2, 0.25) is 5.02 Å². The molecule has 0 heterocycles. The van der Waals surface area contributed by atoms with Crippen molar-refractivity contribution in [3.8, 4) is 22.6 Å². The van der Waals surface area contributed by atoms with Crippen molar-refractivity contribution in [2.45, 2.75) is 19.1 Å². The van der Waals surface area contributed by atoms with Gasteiger partial charge in [0.15, 0.2) is 6.61 Å². The average Bonchev–Trinajstić information content (AvgIpc) is 2.96. The summed E-state index contributed by atoms with van der Waals surface area (Å²) in [5.74, 6) is 0.286. The molecule has 0 saturated heterocycles. The smallest absolute Gasteiger partial charge is 0.328 e. The first-order chi connectivity index (χ1) is 18.5. The van der Waals surface area contributed by atoms with Crippen molar-refractivity contribution >= 4 is 23.5 Å². The van der Waals surface area contributed by atoms with Crippen LogP contribution in [0.3, 0.4) is 0 Å². The Balaban J connectivity index is 1.29. The summed E-state index contributed by atoms with van der Waals surface area (Å²) in [4.78, 5) is 24.9. The number of amides is 1. The van der Waals surface area contributed by atoms with Gasteiger partial charge in [-0.2, -0.15) is 0 Å². The maximum absolute atomic E-state index is 12.6. The van der Waals surface area contributed by atoms with Crippen LogP contribution in [0, 0.1) is 0 Å². The first-order valence-corrected chi connectivity index (χ1v) is 12.5. The van der Waals surface area contributed by atoms with Gasteiger partial charge in [-0.15, -0.1) is 0 Å². The number of nitrogens with one attached hydrogen (secondary N) is 1. The minimum absolute atomic E-state index is 0.240. The predicted octanol–water partition coefficient (Wildman–Crippen LogP) is 5.87. The van der Waals surface area contributed by atoms with Crippen molar-refractivity contribution in [3.05, 3.63) is 119 Å². The summed E-state index contributed by atoms with van der Waals surface area (Å²) >= 11 is 6.07. The molecule has 0 fully saturated rings. The number of halogens is 1. The second kappa shape index (κ2) is 13.3. The van der Waals surface area contributed by atoms with Crippen molar-refractivity contribution in [2.75, 3.05) is 13.7 Å². The predicted molar refractivity (Wildman–Crippen MR) is 147 cm³/mol. The Morgan fingerprint density at radius 1 is 0.763 bits per heavy atom. The summed E-state index contributed by atoms with van der Waals surface area (Å²) in [5.41, 5.74) is 3.89. The van der Waals surface area contributed by atoms with Crippen LogP contribution < -0.4 is 14.8 Å². The lowest BCUT2D eigenvalue weighted by atomic mass is 10.1. The highest BCUT2D eigenvalue weighted by atomic mass is 35.5. The lowest BCUT2D eigenvalue weighted by molar-refractivity contribution is -0.145. The lowest BCUT2D eigenvalue weighted by Crippen LogP contribution is -2.44. The molecule has 38 heavy (non-hydrogen) atoms. The average molecular weight is 530 g/mol. The molecule has 4 aromatic carbocycles. The van der Waals surface area contributed by atoms with Crippen molar-refractivity contribution in [2.24, 2.45) is 0 Å². The summed E-state index contributed by atoms with van der Waals surface area (Å²) in [7, 11) is 1.29. The number of benzene rings is 4. The van der Waals surface area contributed by atoms with E-state index in [1.807, 2.05) is 91.0 Å². The first-order valence-electron chi connectivity index (χ1n) is 12.1. The molecule has 0 radical (unpaired) electrons. The summed E-state index contributed by atoms with van der Waals surface area (Å²) in [6.07, 6.45) is 0.270. The van der Waals surface area contributed by atoms with Crippen molar-refractivity contribution in [1.29, 1.82) is 0 Å². The molecule has 0 aliphatic rings. The van der Waals surface area contributed by atoms with E-state index in [0.717, 1.165) is 22.3 Å². The van der Waals surface area contributed by atoms with Gasteiger partial charge in [-0.3, -0.25) is 4.79 Å². The number of hydrogen-bond acceptors (Lipinski definition) is 5. The summed E-state index contributed by atoms with van der Waals surface area (Å²) in [6.45, 7) is 0.223. The van der Waals surface area contributed by atoms with Crippen LogP contribution in [0.15, 0.2) is 103 Å². The summed E-state index contributed by atoms with van der Waals surface area (Å²) in [6, 6.07) is 31.3. The Labute approximate surface area is 227 Å². The number of ether oxygens (including phenoxy) is 3. The molecule has 7 heteroatoms. The number of hydrogen-bond donors (Lipinski definition) is 1. The summed E-state index contributed by atoms with van der Waals surface area (Å²) < 4.78 is 16.3. The van der Waals surface area contributed by atoms with E-state index in [1.165, 1.54) is 7.11 Å². The second-order valence-electron chi connectivity index (χ2n) is 8.59. The largest absolute Gasteiger partial charge is 0.489 e. The molecule has 0 spiro atoms. The van der Waals surface area contributed by atoms with Crippen molar-refractivity contribution in [1.82, 2.24) is 5.32 Å². The van der Waals surface area contributed by atoms with E-state index in [4.69, 9.17) is 25.8 Å². The minimum atomic E-state index is -0.850. The zero-order valence-electron chi connectivity index (χ0n) is 20.9. The van der Waals surface area contributed by atoms with Crippen LogP contribution in [-0.2, 0) is 27.4 Å². The molecule has 0 unspecified atom stereocenters. The standard InChI is InChI=1S/C31H28ClNO5/c1-36-31(35)29(18-22-10-14-27(15-11-22)37-20-23-6-3-2-4-7-23)33-30(34)21-38-28-16-12-24(13-17-28)25-8-5-9-26(32)19-25/h2-17,19,29H,18,20-21H2,1H3,(H,33,34)/t29-/m0/s1. The third-order valence-electron chi connectivity index (χ3n) is 5.81. The molecule has 4 rings (SSSR count). The normalized spacial score (nSPS) is 11.3. The van der Waals surface area contributed by atoms with Crippen LogP contribution in [0.1, 0.15) is 11.1 Å². The SMILES string of the molecule is COC(=O)[C@H](Cc1ccc(OCc2ccccc2)cc1)NC(=O)COc1ccc(-c2cccc(Cl)c2)cc1. The van der Waals surface area contributed by atoms with Gasteiger partial charge in [-0.05, 0) is 58.7 Å². The fraction of sp³-hybridized carbons (Fsp3) is 0.161. The van der Waals surface area contributed by atoms with Gasteiger partial charge in [0.2, 0.25) is 0 Å². The van der Waals surface area contributed by atoms with Gasteiger partial charge in [0.1, 0.15) is 24.1 Å². The highest BCUT2D eigenvalue weighted by molar-refractivity contribution is 6.30. The quantitative estimate of drug-likeness (QED) is 0.246. The molecule has 1 N–H and O–H groups in total. The Hall–Kier alpha value is -4.29. The number of carbonyl (C=O) groups is 2. The monoisotopic (exact) mass is 529 g/mol. The number of methoxy groups -OCH3 is 1. The van der Waals surface area contributed by atoms with E-state index >= 15 is 0 Å². The molecule has 0 bridgehead atoms. The van der Waals surface area contributed by atoms with Crippen molar-refractivity contribution in [3.63, 3.8) is 0 Å². The highest BCUT2D eigenvalue weighted by Crippen LogP contribution is 2.25. The molecule has 1 atom stereocenters. The molecule has 6 nitrogen and oxygen atoms in total. The van der Waals surface area contributed by atoms with Crippen LogP contribution in [-0.4, -0.2) is 31.6 Å². The fourth-order valence-electron chi connectivity index (χ4n) is 3.83. The zero-order chi connectivity index (χ0) is 26.7. The Morgan fingerprint density at radius 2 is 1.45 bits per heavy atom. The van der Waals surface area contributed by atoms with E-state index in [2.05, 4.69) is 5.32 Å². The molecule has 0 aromatic heterocycles. The molecular weight excluding hydrogens is 502 g/mol. The van der Waals surface area contributed by atoms with Gasteiger partial charge in [0.25, 0.3) is 5.91 Å². The molecular formula is C31H28ClNO5. The van der Waals surface area contributed by atoms with E-state index in [0.29, 0.717) is 23.1 Å². The lowest BCUT2D eigenvalue weighted by Gasteiger charge is -2.17. The van der Waals surface area contributed by atoms with E-state index < -0.39 is 17.9 Å². The topological polar surface area (TPSA) is 73.9 Å². The summed E-state index contributed by atoms with van der Waals surface area (Å²) in [5, 5.41) is 3.37. The number of carbonyl (C=O) groups excluding carboxylic acids is 2. The fourth-order valence-corrected chi connectivity index (χ4v) is 4.02.